The number of nitrogens with two attached hydrogens (primary N) is 1. The molecule has 21 heavy (non-hydrogen) atoms. The number of nitrogens with one attached hydrogen (secondary N) is 2. The van der Waals surface area contributed by atoms with Crippen molar-refractivity contribution in [1.82, 2.24) is 9.97 Å². The van der Waals surface area contributed by atoms with Crippen molar-refractivity contribution >= 4 is 22.6 Å². The lowest BCUT2D eigenvalue weighted by Crippen LogP contribution is -2.31. The van der Waals surface area contributed by atoms with Gasteiger partial charge in [-0.15, -0.1) is 0 Å². The molecular weight excluding hydrogens is 264 g/mol. The zero-order chi connectivity index (χ0) is 15.6. The standard InChI is InChI=1S/C16H24N4O/c1-10-18-13-6-5-12(8-14(13)19-10)20-15(21)7-11(17)9-16(2,3)4/h5-6,8,11H,7,9,17H2,1-4H3,(H,18,19)(H,20,21). The fourth-order valence-corrected chi connectivity index (χ4v) is 2.52. The van der Waals surface area contributed by atoms with Gasteiger partial charge in [0.2, 0.25) is 5.91 Å². The van der Waals surface area contributed by atoms with Crippen molar-refractivity contribution in [3.63, 3.8) is 0 Å². The smallest absolute Gasteiger partial charge is 0.225 e. The Bertz CT molecular complexity index is 639. The number of benzene rings is 1. The molecule has 114 valence electrons. The van der Waals surface area contributed by atoms with Gasteiger partial charge in [0.15, 0.2) is 0 Å². The Labute approximate surface area is 125 Å². The average Bonchev–Trinajstić information content (AvgIpc) is 2.65. The second kappa shape index (κ2) is 5.85. The molecule has 0 fully saturated rings. The average molecular weight is 288 g/mol. The van der Waals surface area contributed by atoms with Crippen molar-refractivity contribution in [1.29, 1.82) is 0 Å². The van der Waals surface area contributed by atoms with E-state index in [0.29, 0.717) is 6.42 Å². The first-order valence-corrected chi connectivity index (χ1v) is 7.25. The molecular formula is C16H24N4O. The monoisotopic (exact) mass is 288 g/mol. The van der Waals surface area contributed by atoms with Gasteiger partial charge >= 0.3 is 0 Å². The first-order valence-electron chi connectivity index (χ1n) is 7.25. The van der Waals surface area contributed by atoms with Gasteiger partial charge < -0.3 is 16.0 Å². The van der Waals surface area contributed by atoms with E-state index in [2.05, 4.69) is 36.1 Å². The molecule has 0 saturated heterocycles. The van der Waals surface area contributed by atoms with Crippen LogP contribution in [0.5, 0.6) is 0 Å². The summed E-state index contributed by atoms with van der Waals surface area (Å²) in [7, 11) is 0. The molecule has 0 radical (unpaired) electrons. The van der Waals surface area contributed by atoms with Gasteiger partial charge in [0.25, 0.3) is 0 Å². The van der Waals surface area contributed by atoms with Gasteiger partial charge in [-0.2, -0.15) is 0 Å². The van der Waals surface area contributed by atoms with Crippen molar-refractivity contribution < 1.29 is 4.79 Å². The number of hydrogen-bond acceptors (Lipinski definition) is 3. The number of aromatic amines is 1. The highest BCUT2D eigenvalue weighted by Crippen LogP contribution is 2.22. The van der Waals surface area contributed by atoms with Crippen LogP contribution in [-0.2, 0) is 4.79 Å². The third-order valence-electron chi connectivity index (χ3n) is 3.21. The number of imidazole rings is 1. The van der Waals surface area contributed by atoms with Crippen LogP contribution in [0, 0.1) is 12.3 Å². The summed E-state index contributed by atoms with van der Waals surface area (Å²) in [5, 5.41) is 2.89. The number of carbonyl (C=O) groups is 1. The van der Waals surface area contributed by atoms with E-state index in [4.69, 9.17) is 5.73 Å². The van der Waals surface area contributed by atoms with Gasteiger partial charge in [-0.05, 0) is 37.0 Å². The second-order valence-corrected chi connectivity index (χ2v) is 6.83. The minimum atomic E-state index is -0.122. The zero-order valence-electron chi connectivity index (χ0n) is 13.2. The topological polar surface area (TPSA) is 83.8 Å². The fourth-order valence-electron chi connectivity index (χ4n) is 2.52. The fraction of sp³-hybridized carbons (Fsp3) is 0.500. The molecule has 1 atom stereocenters. The van der Waals surface area contributed by atoms with Crippen molar-refractivity contribution in [2.45, 2.75) is 46.6 Å². The van der Waals surface area contributed by atoms with E-state index in [-0.39, 0.29) is 17.4 Å². The molecule has 0 spiro atoms. The number of aromatic nitrogens is 2. The lowest BCUT2D eigenvalue weighted by atomic mass is 9.87. The maximum atomic E-state index is 12.0. The van der Waals surface area contributed by atoms with Crippen molar-refractivity contribution in [3.8, 4) is 0 Å². The number of aryl methyl sites for hydroxylation is 1. The lowest BCUT2D eigenvalue weighted by molar-refractivity contribution is -0.116. The largest absolute Gasteiger partial charge is 0.342 e. The van der Waals surface area contributed by atoms with Gasteiger partial charge in [-0.1, -0.05) is 20.8 Å². The van der Waals surface area contributed by atoms with Gasteiger partial charge in [0.1, 0.15) is 5.82 Å². The number of nitrogens with zero attached hydrogens (tertiary/aromatic N) is 1. The Kier molecular flexibility index (Phi) is 4.32. The number of rotatable bonds is 4. The number of carbonyl (C=O) groups excluding carboxylic acids is 1. The van der Waals surface area contributed by atoms with E-state index in [9.17, 15) is 4.79 Å². The SMILES string of the molecule is Cc1nc2ccc(NC(=O)CC(N)CC(C)(C)C)cc2[nH]1. The van der Waals surface area contributed by atoms with E-state index in [1.54, 1.807) is 0 Å². The molecule has 0 saturated carbocycles. The molecule has 2 rings (SSSR count). The molecule has 2 aromatic rings. The summed E-state index contributed by atoms with van der Waals surface area (Å²) in [4.78, 5) is 19.5. The third kappa shape index (κ3) is 4.56. The number of fused-ring (bicyclic) bond motifs is 1. The summed E-state index contributed by atoms with van der Waals surface area (Å²) in [6.45, 7) is 8.28. The second-order valence-electron chi connectivity index (χ2n) is 6.83. The van der Waals surface area contributed by atoms with Crippen molar-refractivity contribution in [2.24, 2.45) is 11.1 Å². The Morgan fingerprint density at radius 1 is 1.43 bits per heavy atom. The molecule has 0 bridgehead atoms. The zero-order valence-corrected chi connectivity index (χ0v) is 13.2. The van der Waals surface area contributed by atoms with Crippen molar-refractivity contribution in [3.05, 3.63) is 24.0 Å². The molecule has 4 N–H and O–H groups in total. The highest BCUT2D eigenvalue weighted by molar-refractivity contribution is 5.93. The third-order valence-corrected chi connectivity index (χ3v) is 3.21. The van der Waals surface area contributed by atoms with E-state index >= 15 is 0 Å². The molecule has 5 heteroatoms. The summed E-state index contributed by atoms with van der Waals surface area (Å²) < 4.78 is 0. The summed E-state index contributed by atoms with van der Waals surface area (Å²) in [5.41, 5.74) is 8.74. The van der Waals surface area contributed by atoms with E-state index in [1.807, 2.05) is 25.1 Å². The molecule has 0 aliphatic rings. The van der Waals surface area contributed by atoms with Gasteiger partial charge in [0.05, 0.1) is 11.0 Å². The van der Waals surface area contributed by atoms with E-state index < -0.39 is 0 Å². The normalized spacial score (nSPS) is 13.4. The lowest BCUT2D eigenvalue weighted by Gasteiger charge is -2.22. The Balaban J connectivity index is 1.97. The molecule has 0 aliphatic carbocycles. The predicted octanol–water partition coefficient (Wildman–Crippen LogP) is 2.96. The summed E-state index contributed by atoms with van der Waals surface area (Å²) in [6, 6.07) is 5.52. The summed E-state index contributed by atoms with van der Waals surface area (Å²) >= 11 is 0. The van der Waals surface area contributed by atoms with E-state index in [1.165, 1.54) is 0 Å². The van der Waals surface area contributed by atoms with Crippen LogP contribution in [0.4, 0.5) is 5.69 Å². The molecule has 1 amide bonds. The van der Waals surface area contributed by atoms with Gasteiger partial charge in [-0.3, -0.25) is 4.79 Å². The summed E-state index contributed by atoms with van der Waals surface area (Å²) in [5.74, 6) is 0.808. The van der Waals surface area contributed by atoms with Crippen LogP contribution >= 0.6 is 0 Å². The van der Waals surface area contributed by atoms with Crippen LogP contribution in [-0.4, -0.2) is 21.9 Å². The maximum absolute atomic E-state index is 12.0. The molecule has 1 aromatic heterocycles. The van der Waals surface area contributed by atoms with Crippen LogP contribution in [0.1, 0.15) is 39.4 Å². The highest BCUT2D eigenvalue weighted by Gasteiger charge is 2.18. The first kappa shape index (κ1) is 15.5. The molecule has 1 heterocycles. The summed E-state index contributed by atoms with van der Waals surface area (Å²) in [6.07, 6.45) is 1.15. The molecule has 1 aromatic carbocycles. The Hall–Kier alpha value is -1.88. The van der Waals surface area contributed by atoms with Crippen LogP contribution in [0.2, 0.25) is 0 Å². The Morgan fingerprint density at radius 2 is 2.14 bits per heavy atom. The molecule has 5 nitrogen and oxygen atoms in total. The number of hydrogen-bond donors (Lipinski definition) is 3. The first-order chi connectivity index (χ1) is 9.73. The van der Waals surface area contributed by atoms with Crippen molar-refractivity contribution in [2.75, 3.05) is 5.32 Å². The minimum Gasteiger partial charge on any atom is -0.342 e. The van der Waals surface area contributed by atoms with E-state index in [0.717, 1.165) is 29.0 Å². The van der Waals surface area contributed by atoms with Crippen LogP contribution in [0.15, 0.2) is 18.2 Å². The van der Waals surface area contributed by atoms with Crippen LogP contribution in [0.25, 0.3) is 11.0 Å². The Morgan fingerprint density at radius 3 is 2.81 bits per heavy atom. The quantitative estimate of drug-likeness (QED) is 0.808. The van der Waals surface area contributed by atoms with Gasteiger partial charge in [-0.25, -0.2) is 4.98 Å². The predicted molar refractivity (Wildman–Crippen MR) is 86.1 cm³/mol. The van der Waals surface area contributed by atoms with Crippen LogP contribution < -0.4 is 11.1 Å². The number of H-pyrrole nitrogens is 1. The molecule has 0 aliphatic heterocycles. The number of anilines is 1. The minimum absolute atomic E-state index is 0.0534. The van der Waals surface area contributed by atoms with Gasteiger partial charge in [0, 0.05) is 18.2 Å². The highest BCUT2D eigenvalue weighted by atomic mass is 16.1. The van der Waals surface area contributed by atoms with Crippen LogP contribution in [0.3, 0.4) is 0 Å². The number of amides is 1. The molecule has 1 unspecified atom stereocenters. The maximum Gasteiger partial charge on any atom is 0.225 e.